The molecule has 98 valence electrons. The lowest BCUT2D eigenvalue weighted by Crippen LogP contribution is -2.06. The molecular weight excluding hydrogens is 238 g/mol. The van der Waals surface area contributed by atoms with Crippen molar-refractivity contribution >= 4 is 23.1 Å². The molecule has 1 amide bonds. The summed E-state index contributed by atoms with van der Waals surface area (Å²) in [4.78, 5) is 15.2. The largest absolute Gasteiger partial charge is 0.340 e. The normalized spacial score (nSPS) is 10.1. The SMILES string of the molecule is CC(=O)Nc1ccc(Nc2cc(C)ccc2C)nc1. The van der Waals surface area contributed by atoms with Crippen LogP contribution in [0.25, 0.3) is 0 Å². The van der Waals surface area contributed by atoms with Crippen molar-refractivity contribution in [1.82, 2.24) is 4.98 Å². The average Bonchev–Trinajstić information content (AvgIpc) is 2.35. The van der Waals surface area contributed by atoms with Crippen LogP contribution in [0.4, 0.5) is 17.2 Å². The summed E-state index contributed by atoms with van der Waals surface area (Å²) in [5.74, 6) is 0.653. The van der Waals surface area contributed by atoms with E-state index in [4.69, 9.17) is 0 Å². The number of nitrogens with zero attached hydrogens (tertiary/aromatic N) is 1. The van der Waals surface area contributed by atoms with Gasteiger partial charge in [-0.3, -0.25) is 4.79 Å². The molecule has 0 radical (unpaired) electrons. The van der Waals surface area contributed by atoms with Crippen molar-refractivity contribution in [3.63, 3.8) is 0 Å². The molecule has 0 aliphatic rings. The summed E-state index contributed by atoms with van der Waals surface area (Å²) in [6.07, 6.45) is 1.63. The number of aromatic nitrogens is 1. The van der Waals surface area contributed by atoms with Gasteiger partial charge in [0.25, 0.3) is 0 Å². The number of nitrogens with one attached hydrogen (secondary N) is 2. The van der Waals surface area contributed by atoms with E-state index in [9.17, 15) is 4.79 Å². The number of amides is 1. The van der Waals surface area contributed by atoms with Crippen molar-refractivity contribution in [2.75, 3.05) is 10.6 Å². The van der Waals surface area contributed by atoms with Gasteiger partial charge in [0, 0.05) is 12.6 Å². The zero-order valence-electron chi connectivity index (χ0n) is 11.3. The van der Waals surface area contributed by atoms with Crippen LogP contribution in [-0.2, 0) is 4.79 Å². The second-order valence-electron chi connectivity index (χ2n) is 4.56. The number of aryl methyl sites for hydroxylation is 2. The van der Waals surface area contributed by atoms with E-state index in [1.807, 2.05) is 19.1 Å². The van der Waals surface area contributed by atoms with Crippen molar-refractivity contribution in [2.24, 2.45) is 0 Å². The highest BCUT2D eigenvalue weighted by atomic mass is 16.1. The van der Waals surface area contributed by atoms with Gasteiger partial charge in [0.05, 0.1) is 11.9 Å². The Balaban J connectivity index is 2.15. The number of rotatable bonds is 3. The van der Waals surface area contributed by atoms with Gasteiger partial charge in [-0.15, -0.1) is 0 Å². The maximum Gasteiger partial charge on any atom is 0.221 e. The van der Waals surface area contributed by atoms with Crippen LogP contribution in [0.3, 0.4) is 0 Å². The van der Waals surface area contributed by atoms with Crippen LogP contribution >= 0.6 is 0 Å². The quantitative estimate of drug-likeness (QED) is 0.883. The molecule has 2 aromatic rings. The fourth-order valence-electron chi connectivity index (χ4n) is 1.75. The number of anilines is 3. The summed E-state index contributed by atoms with van der Waals surface area (Å²) in [7, 11) is 0. The molecule has 0 aliphatic heterocycles. The molecule has 4 heteroatoms. The van der Waals surface area contributed by atoms with E-state index < -0.39 is 0 Å². The predicted octanol–water partition coefficient (Wildman–Crippen LogP) is 3.40. The van der Waals surface area contributed by atoms with Gasteiger partial charge in [-0.2, -0.15) is 0 Å². The molecule has 1 aromatic carbocycles. The van der Waals surface area contributed by atoms with E-state index >= 15 is 0 Å². The number of hydrogen-bond acceptors (Lipinski definition) is 3. The average molecular weight is 255 g/mol. The molecule has 0 saturated carbocycles. The Kier molecular flexibility index (Phi) is 3.80. The molecule has 0 aliphatic carbocycles. The van der Waals surface area contributed by atoms with Gasteiger partial charge in [-0.25, -0.2) is 4.98 Å². The lowest BCUT2D eigenvalue weighted by Gasteiger charge is -2.10. The van der Waals surface area contributed by atoms with E-state index in [0.29, 0.717) is 5.69 Å². The molecule has 19 heavy (non-hydrogen) atoms. The number of carbonyl (C=O) groups is 1. The fraction of sp³-hybridized carbons (Fsp3) is 0.200. The van der Waals surface area contributed by atoms with Crippen molar-refractivity contribution in [3.8, 4) is 0 Å². The Morgan fingerprint density at radius 2 is 1.95 bits per heavy atom. The van der Waals surface area contributed by atoms with Crippen LogP contribution < -0.4 is 10.6 Å². The molecule has 0 fully saturated rings. The summed E-state index contributed by atoms with van der Waals surface area (Å²) >= 11 is 0. The zero-order chi connectivity index (χ0) is 13.8. The van der Waals surface area contributed by atoms with Crippen LogP contribution in [0, 0.1) is 13.8 Å². The van der Waals surface area contributed by atoms with Crippen LogP contribution in [0.15, 0.2) is 36.5 Å². The fourth-order valence-corrected chi connectivity index (χ4v) is 1.75. The molecule has 0 atom stereocenters. The molecule has 1 aromatic heterocycles. The topological polar surface area (TPSA) is 54.0 Å². The summed E-state index contributed by atoms with van der Waals surface area (Å²) in [5, 5.41) is 5.96. The first-order valence-electron chi connectivity index (χ1n) is 6.12. The van der Waals surface area contributed by atoms with Crippen LogP contribution in [0.5, 0.6) is 0 Å². The highest BCUT2D eigenvalue weighted by Gasteiger charge is 2.01. The number of benzene rings is 1. The number of hydrogen-bond donors (Lipinski definition) is 2. The van der Waals surface area contributed by atoms with E-state index in [1.165, 1.54) is 18.1 Å². The summed E-state index contributed by atoms with van der Waals surface area (Å²) in [6.45, 7) is 5.58. The third-order valence-corrected chi connectivity index (χ3v) is 2.74. The summed E-state index contributed by atoms with van der Waals surface area (Å²) in [6, 6.07) is 9.89. The second-order valence-corrected chi connectivity index (χ2v) is 4.56. The second kappa shape index (κ2) is 5.52. The van der Waals surface area contributed by atoms with Gasteiger partial charge >= 0.3 is 0 Å². The van der Waals surface area contributed by atoms with Crippen molar-refractivity contribution < 1.29 is 4.79 Å². The molecule has 2 rings (SSSR count). The van der Waals surface area contributed by atoms with Gasteiger partial charge in [0.2, 0.25) is 5.91 Å². The minimum absolute atomic E-state index is 0.1000. The molecule has 0 bridgehead atoms. The molecule has 0 saturated heterocycles. The number of pyridine rings is 1. The van der Waals surface area contributed by atoms with E-state index in [-0.39, 0.29) is 5.91 Å². The minimum atomic E-state index is -0.1000. The highest BCUT2D eigenvalue weighted by molar-refractivity contribution is 5.88. The Labute approximate surface area is 112 Å². The maximum absolute atomic E-state index is 10.9. The third-order valence-electron chi connectivity index (χ3n) is 2.74. The predicted molar refractivity (Wildman–Crippen MR) is 77.7 cm³/mol. The van der Waals surface area contributed by atoms with Gasteiger partial charge in [-0.1, -0.05) is 12.1 Å². The molecule has 2 N–H and O–H groups in total. The number of carbonyl (C=O) groups excluding carboxylic acids is 1. The first-order valence-corrected chi connectivity index (χ1v) is 6.12. The van der Waals surface area contributed by atoms with Crippen LogP contribution in [0.2, 0.25) is 0 Å². The van der Waals surface area contributed by atoms with Crippen molar-refractivity contribution in [1.29, 1.82) is 0 Å². The molecule has 1 heterocycles. The molecule has 0 spiro atoms. The molecular formula is C15H17N3O. The van der Waals surface area contributed by atoms with E-state index in [2.05, 4.69) is 40.7 Å². The first kappa shape index (κ1) is 13.1. The lowest BCUT2D eigenvalue weighted by atomic mass is 10.1. The van der Waals surface area contributed by atoms with Crippen molar-refractivity contribution in [2.45, 2.75) is 20.8 Å². The Morgan fingerprint density at radius 3 is 2.58 bits per heavy atom. The Bertz CT molecular complexity index is 591. The van der Waals surface area contributed by atoms with Crippen LogP contribution in [0.1, 0.15) is 18.1 Å². The summed E-state index contributed by atoms with van der Waals surface area (Å²) in [5.41, 5.74) is 4.10. The summed E-state index contributed by atoms with van der Waals surface area (Å²) < 4.78 is 0. The van der Waals surface area contributed by atoms with Crippen molar-refractivity contribution in [3.05, 3.63) is 47.7 Å². The maximum atomic E-state index is 10.9. The van der Waals surface area contributed by atoms with Crippen LogP contribution in [-0.4, -0.2) is 10.9 Å². The first-order chi connectivity index (χ1) is 9.04. The Hall–Kier alpha value is -2.36. The van der Waals surface area contributed by atoms with Gasteiger partial charge in [0.15, 0.2) is 0 Å². The Morgan fingerprint density at radius 1 is 1.16 bits per heavy atom. The zero-order valence-corrected chi connectivity index (χ0v) is 11.3. The third kappa shape index (κ3) is 3.55. The minimum Gasteiger partial charge on any atom is -0.340 e. The van der Waals surface area contributed by atoms with Gasteiger partial charge in [-0.05, 0) is 43.2 Å². The van der Waals surface area contributed by atoms with Gasteiger partial charge in [0.1, 0.15) is 5.82 Å². The molecule has 0 unspecified atom stereocenters. The van der Waals surface area contributed by atoms with E-state index in [1.54, 1.807) is 6.20 Å². The van der Waals surface area contributed by atoms with E-state index in [0.717, 1.165) is 11.5 Å². The lowest BCUT2D eigenvalue weighted by molar-refractivity contribution is -0.114. The highest BCUT2D eigenvalue weighted by Crippen LogP contribution is 2.21. The molecule has 4 nitrogen and oxygen atoms in total. The van der Waals surface area contributed by atoms with Gasteiger partial charge < -0.3 is 10.6 Å². The standard InChI is InChI=1S/C15H17N3O/c1-10-4-5-11(2)14(8-10)18-15-7-6-13(9-16-15)17-12(3)19/h4-9H,1-3H3,(H,16,18)(H,17,19). The monoisotopic (exact) mass is 255 g/mol. The smallest absolute Gasteiger partial charge is 0.221 e.